The van der Waals surface area contributed by atoms with Crippen LogP contribution in [-0.4, -0.2) is 36.5 Å². The molecule has 1 unspecified atom stereocenters. The number of nitrogens with zero attached hydrogens (tertiary/aromatic N) is 1. The minimum Gasteiger partial charge on any atom is -0.341 e. The number of amides is 1. The molecule has 2 aliphatic rings. The molecule has 2 rings (SSSR count). The summed E-state index contributed by atoms with van der Waals surface area (Å²) >= 11 is 0. The maximum atomic E-state index is 11.7. The zero-order valence-corrected chi connectivity index (χ0v) is 8.96. The van der Waals surface area contributed by atoms with E-state index in [0.717, 1.165) is 19.0 Å². The molecule has 1 amide bonds. The number of rotatable bonds is 4. The fourth-order valence-corrected chi connectivity index (χ4v) is 2.02. The Hall–Kier alpha value is -0.570. The molecule has 0 radical (unpaired) electrons. The van der Waals surface area contributed by atoms with E-state index in [2.05, 4.69) is 12.2 Å². The van der Waals surface area contributed by atoms with Gasteiger partial charge in [0, 0.05) is 19.1 Å². The molecule has 0 spiro atoms. The van der Waals surface area contributed by atoms with Crippen LogP contribution in [0.4, 0.5) is 0 Å². The van der Waals surface area contributed by atoms with Crippen LogP contribution in [0.3, 0.4) is 0 Å². The summed E-state index contributed by atoms with van der Waals surface area (Å²) in [5.41, 5.74) is 0. The summed E-state index contributed by atoms with van der Waals surface area (Å²) in [5, 5.41) is 3.27. The predicted octanol–water partition coefficient (Wildman–Crippen LogP) is 0.997. The summed E-state index contributed by atoms with van der Waals surface area (Å²) in [5.74, 6) is 1.05. The van der Waals surface area contributed by atoms with Gasteiger partial charge in [0.15, 0.2) is 0 Å². The molecular formula is C11H20N2O. The van der Waals surface area contributed by atoms with Crippen LogP contribution >= 0.6 is 0 Å². The quantitative estimate of drug-likeness (QED) is 0.727. The molecule has 1 saturated carbocycles. The first-order valence-electron chi connectivity index (χ1n) is 5.80. The van der Waals surface area contributed by atoms with Crippen LogP contribution < -0.4 is 5.32 Å². The fourth-order valence-electron chi connectivity index (χ4n) is 2.02. The number of carbonyl (C=O) groups is 1. The Morgan fingerprint density at radius 3 is 2.79 bits per heavy atom. The zero-order chi connectivity index (χ0) is 9.97. The SMILES string of the molecule is CCC1CCN(C(=O)CNC2CC2)C1. The van der Waals surface area contributed by atoms with Crippen molar-refractivity contribution in [1.82, 2.24) is 10.2 Å². The lowest BCUT2D eigenvalue weighted by Crippen LogP contribution is -2.37. The third kappa shape index (κ3) is 2.47. The first-order valence-corrected chi connectivity index (χ1v) is 5.80. The third-order valence-corrected chi connectivity index (χ3v) is 3.34. The van der Waals surface area contributed by atoms with Crippen molar-refractivity contribution < 1.29 is 4.79 Å². The highest BCUT2D eigenvalue weighted by Gasteiger charge is 2.26. The monoisotopic (exact) mass is 196 g/mol. The summed E-state index contributed by atoms with van der Waals surface area (Å²) < 4.78 is 0. The van der Waals surface area contributed by atoms with Gasteiger partial charge in [-0.15, -0.1) is 0 Å². The molecule has 1 aliphatic heterocycles. The van der Waals surface area contributed by atoms with Gasteiger partial charge in [0.25, 0.3) is 0 Å². The van der Waals surface area contributed by atoms with E-state index in [1.807, 2.05) is 4.90 Å². The summed E-state index contributed by atoms with van der Waals surface area (Å²) in [6.07, 6.45) is 4.92. The smallest absolute Gasteiger partial charge is 0.236 e. The number of carbonyl (C=O) groups excluding carboxylic acids is 1. The molecule has 3 heteroatoms. The first kappa shape index (κ1) is 9.97. The van der Waals surface area contributed by atoms with Crippen molar-refractivity contribution >= 4 is 5.91 Å². The van der Waals surface area contributed by atoms with E-state index in [1.54, 1.807) is 0 Å². The lowest BCUT2D eigenvalue weighted by Gasteiger charge is -2.16. The van der Waals surface area contributed by atoms with Crippen LogP contribution in [0.1, 0.15) is 32.6 Å². The van der Waals surface area contributed by atoms with Crippen LogP contribution in [0.25, 0.3) is 0 Å². The Labute approximate surface area is 85.8 Å². The minimum atomic E-state index is 0.299. The Bertz CT molecular complexity index is 213. The maximum absolute atomic E-state index is 11.7. The highest BCUT2D eigenvalue weighted by atomic mass is 16.2. The van der Waals surface area contributed by atoms with Crippen molar-refractivity contribution in [3.8, 4) is 0 Å². The number of likely N-dealkylation sites (tertiary alicyclic amines) is 1. The molecular weight excluding hydrogens is 176 g/mol. The molecule has 0 bridgehead atoms. The van der Waals surface area contributed by atoms with Crippen LogP contribution in [0.5, 0.6) is 0 Å². The van der Waals surface area contributed by atoms with Crippen molar-refractivity contribution in [2.75, 3.05) is 19.6 Å². The molecule has 1 atom stereocenters. The maximum Gasteiger partial charge on any atom is 0.236 e. The van der Waals surface area contributed by atoms with Crippen molar-refractivity contribution in [2.24, 2.45) is 5.92 Å². The minimum absolute atomic E-state index is 0.299. The van der Waals surface area contributed by atoms with Gasteiger partial charge >= 0.3 is 0 Å². The van der Waals surface area contributed by atoms with Crippen molar-refractivity contribution in [3.05, 3.63) is 0 Å². The van der Waals surface area contributed by atoms with E-state index in [9.17, 15) is 4.79 Å². The molecule has 80 valence electrons. The number of hydrogen-bond acceptors (Lipinski definition) is 2. The zero-order valence-electron chi connectivity index (χ0n) is 8.96. The second-order valence-corrected chi connectivity index (χ2v) is 4.56. The van der Waals surface area contributed by atoms with Crippen LogP contribution in [0.2, 0.25) is 0 Å². The van der Waals surface area contributed by atoms with E-state index >= 15 is 0 Å². The van der Waals surface area contributed by atoms with Crippen LogP contribution in [-0.2, 0) is 4.79 Å². The van der Waals surface area contributed by atoms with Crippen LogP contribution in [0.15, 0.2) is 0 Å². The van der Waals surface area contributed by atoms with E-state index in [4.69, 9.17) is 0 Å². The summed E-state index contributed by atoms with van der Waals surface area (Å²) in [7, 11) is 0. The standard InChI is InChI=1S/C11H20N2O/c1-2-9-5-6-13(8-9)11(14)7-12-10-3-4-10/h9-10,12H,2-8H2,1H3. The Balaban J connectivity index is 1.69. The summed E-state index contributed by atoms with van der Waals surface area (Å²) in [6.45, 7) is 4.73. The van der Waals surface area contributed by atoms with Gasteiger partial charge in [-0.1, -0.05) is 13.3 Å². The molecule has 1 N–H and O–H groups in total. The highest BCUT2D eigenvalue weighted by molar-refractivity contribution is 5.78. The normalized spacial score (nSPS) is 26.9. The molecule has 0 aromatic heterocycles. The van der Waals surface area contributed by atoms with E-state index in [-0.39, 0.29) is 0 Å². The van der Waals surface area contributed by atoms with Gasteiger partial charge in [0.1, 0.15) is 0 Å². The topological polar surface area (TPSA) is 32.3 Å². The van der Waals surface area contributed by atoms with Crippen molar-refractivity contribution in [2.45, 2.75) is 38.6 Å². The molecule has 0 aromatic rings. The molecule has 1 heterocycles. The number of nitrogens with one attached hydrogen (secondary N) is 1. The van der Waals surface area contributed by atoms with Gasteiger partial charge in [-0.2, -0.15) is 0 Å². The van der Waals surface area contributed by atoms with Gasteiger partial charge in [-0.25, -0.2) is 0 Å². The van der Waals surface area contributed by atoms with Crippen LogP contribution in [0, 0.1) is 5.92 Å². The lowest BCUT2D eigenvalue weighted by atomic mass is 10.1. The molecule has 2 fully saturated rings. The fraction of sp³-hybridized carbons (Fsp3) is 0.909. The largest absolute Gasteiger partial charge is 0.341 e. The second-order valence-electron chi connectivity index (χ2n) is 4.56. The molecule has 3 nitrogen and oxygen atoms in total. The van der Waals surface area contributed by atoms with Gasteiger partial charge in [-0.3, -0.25) is 4.79 Å². The third-order valence-electron chi connectivity index (χ3n) is 3.34. The van der Waals surface area contributed by atoms with Crippen molar-refractivity contribution in [3.63, 3.8) is 0 Å². The predicted molar refractivity (Wildman–Crippen MR) is 56.0 cm³/mol. The Morgan fingerprint density at radius 2 is 2.21 bits per heavy atom. The molecule has 1 aliphatic carbocycles. The average Bonchev–Trinajstić information content (AvgIpc) is 2.90. The summed E-state index contributed by atoms with van der Waals surface area (Å²) in [4.78, 5) is 13.7. The average molecular weight is 196 g/mol. The highest BCUT2D eigenvalue weighted by Crippen LogP contribution is 2.20. The Morgan fingerprint density at radius 1 is 1.43 bits per heavy atom. The van der Waals surface area contributed by atoms with Crippen molar-refractivity contribution in [1.29, 1.82) is 0 Å². The number of hydrogen-bond donors (Lipinski definition) is 1. The lowest BCUT2D eigenvalue weighted by molar-refractivity contribution is -0.129. The van der Waals surface area contributed by atoms with Gasteiger partial charge in [0.05, 0.1) is 6.54 Å². The summed E-state index contributed by atoms with van der Waals surface area (Å²) in [6, 6.07) is 0.642. The van der Waals surface area contributed by atoms with Gasteiger partial charge in [-0.05, 0) is 25.2 Å². The van der Waals surface area contributed by atoms with Gasteiger partial charge in [0.2, 0.25) is 5.91 Å². The van der Waals surface area contributed by atoms with Gasteiger partial charge < -0.3 is 10.2 Å². The Kier molecular flexibility index (Phi) is 3.06. The second kappa shape index (κ2) is 4.30. The van der Waals surface area contributed by atoms with E-state index in [0.29, 0.717) is 18.5 Å². The molecule has 14 heavy (non-hydrogen) atoms. The molecule has 1 saturated heterocycles. The first-order chi connectivity index (χ1) is 6.79. The van der Waals surface area contributed by atoms with E-state index < -0.39 is 0 Å². The van der Waals surface area contributed by atoms with E-state index in [1.165, 1.54) is 25.7 Å². The molecule has 0 aromatic carbocycles.